The van der Waals surface area contributed by atoms with Crippen LogP contribution in [-0.4, -0.2) is 63.6 Å². The van der Waals surface area contributed by atoms with Gasteiger partial charge >= 0.3 is 0 Å². The second-order valence-corrected chi connectivity index (χ2v) is 10.8. The lowest BCUT2D eigenvalue weighted by Crippen LogP contribution is -2.45. The number of rotatable bonds is 11. The number of aliphatic hydroxyl groups is 1. The Hall–Kier alpha value is -2.58. The van der Waals surface area contributed by atoms with Crippen molar-refractivity contribution in [1.82, 2.24) is 0 Å². The Labute approximate surface area is 213 Å². The Morgan fingerprint density at radius 1 is 1.11 bits per heavy atom. The lowest BCUT2D eigenvalue weighted by Gasteiger charge is -2.28. The quantitative estimate of drug-likeness (QED) is 0.241. The largest absolute Gasteiger partial charge is 0.493 e. The number of hydrogen-bond donors (Lipinski definition) is 2. The predicted octanol–water partition coefficient (Wildman–Crippen LogP) is 3.85. The molecule has 2 aromatic carbocycles. The number of nitrogens with two attached hydrogens (primary N) is 1. The highest BCUT2D eigenvalue weighted by Crippen LogP contribution is 2.45. The number of hydrogen-bond acceptors (Lipinski definition) is 5. The van der Waals surface area contributed by atoms with E-state index in [1.54, 1.807) is 0 Å². The van der Waals surface area contributed by atoms with Gasteiger partial charge in [-0.05, 0) is 48.9 Å². The minimum Gasteiger partial charge on any atom is -0.493 e. The van der Waals surface area contributed by atoms with Gasteiger partial charge in [-0.2, -0.15) is 4.57 Å². The standard InChI is InChI=1S/C28H38N4O2S/c1-30-25-8-4-5-9-27(25)35-28(30)20-22-12-15-31(14-7-16-32(2,3)17-18-33)26-21-23(10-11-24(22)26)34-19-6-13-29/h4-5,8-12,15,20-21,33H,6-7,13-14,16-19,29H2,1-3H3/q+2. The first kappa shape index (κ1) is 25.5. The second kappa shape index (κ2) is 11.4. The molecule has 0 unspecified atom stereocenters. The first-order valence-corrected chi connectivity index (χ1v) is 13.2. The molecule has 0 saturated carbocycles. The van der Waals surface area contributed by atoms with Crippen molar-refractivity contribution < 1.29 is 18.9 Å². The van der Waals surface area contributed by atoms with Crippen molar-refractivity contribution in [3.63, 3.8) is 0 Å². The summed E-state index contributed by atoms with van der Waals surface area (Å²) in [5.41, 5.74) is 9.26. The number of benzene rings is 2. The van der Waals surface area contributed by atoms with Crippen molar-refractivity contribution in [3.8, 4) is 5.75 Å². The number of aryl methyl sites for hydroxylation is 1. The lowest BCUT2D eigenvalue weighted by molar-refractivity contribution is -0.892. The molecule has 2 heterocycles. The molecule has 6 nitrogen and oxygen atoms in total. The Bertz CT molecular complexity index is 1190. The fraction of sp³-hybridized carbons (Fsp3) is 0.393. The van der Waals surface area contributed by atoms with Crippen molar-refractivity contribution >= 4 is 34.4 Å². The highest BCUT2D eigenvalue weighted by molar-refractivity contribution is 8.03. The lowest BCUT2D eigenvalue weighted by atomic mass is 10.1. The van der Waals surface area contributed by atoms with Crippen LogP contribution < -0.4 is 19.9 Å². The second-order valence-electron chi connectivity index (χ2n) is 9.71. The third-order valence-electron chi connectivity index (χ3n) is 6.56. The highest BCUT2D eigenvalue weighted by atomic mass is 32.2. The zero-order valence-corrected chi connectivity index (χ0v) is 21.9. The molecule has 1 aliphatic heterocycles. The number of para-hydroxylation sites is 1. The summed E-state index contributed by atoms with van der Waals surface area (Å²) >= 11 is 1.81. The summed E-state index contributed by atoms with van der Waals surface area (Å²) in [6, 6.07) is 17.1. The molecule has 3 aromatic rings. The van der Waals surface area contributed by atoms with Crippen LogP contribution in [0.2, 0.25) is 0 Å². The SMILES string of the molecule is CN1/C(=C/c2cc[n+](CCC[N+](C)(C)CCO)c3cc(OCCCN)ccc23)Sc2ccccc21. The first-order valence-electron chi connectivity index (χ1n) is 12.4. The maximum atomic E-state index is 9.35. The van der Waals surface area contributed by atoms with Gasteiger partial charge in [0.05, 0.1) is 62.4 Å². The smallest absolute Gasteiger partial charge is 0.216 e. The average molecular weight is 495 g/mol. The minimum absolute atomic E-state index is 0.215. The Kier molecular flexibility index (Phi) is 8.34. The molecule has 0 aliphatic carbocycles. The van der Waals surface area contributed by atoms with Gasteiger partial charge in [-0.3, -0.25) is 0 Å². The third-order valence-corrected chi connectivity index (χ3v) is 7.73. The Morgan fingerprint density at radius 3 is 2.71 bits per heavy atom. The van der Waals surface area contributed by atoms with E-state index in [4.69, 9.17) is 10.5 Å². The summed E-state index contributed by atoms with van der Waals surface area (Å²) in [6.07, 6.45) is 6.34. The van der Waals surface area contributed by atoms with Gasteiger partial charge in [0, 0.05) is 18.0 Å². The van der Waals surface area contributed by atoms with Gasteiger partial charge in [0.1, 0.15) is 12.3 Å². The summed E-state index contributed by atoms with van der Waals surface area (Å²) in [5.74, 6) is 0.876. The Balaban J connectivity index is 1.64. The number of pyridine rings is 1. The first-order chi connectivity index (χ1) is 16.9. The predicted molar refractivity (Wildman–Crippen MR) is 146 cm³/mol. The number of likely N-dealkylation sites (N-methyl/N-ethyl adjacent to an activating group) is 1. The molecule has 186 valence electrons. The maximum Gasteiger partial charge on any atom is 0.216 e. The molecule has 1 aliphatic rings. The molecule has 0 spiro atoms. The molecule has 0 saturated heterocycles. The molecular weight excluding hydrogens is 456 g/mol. The monoisotopic (exact) mass is 494 g/mol. The average Bonchev–Trinajstić information content (AvgIpc) is 3.15. The highest BCUT2D eigenvalue weighted by Gasteiger charge is 2.23. The summed E-state index contributed by atoms with van der Waals surface area (Å²) < 4.78 is 9.12. The van der Waals surface area contributed by atoms with Gasteiger partial charge in [-0.25, -0.2) is 0 Å². The Morgan fingerprint density at radius 2 is 1.94 bits per heavy atom. The molecule has 0 fully saturated rings. The van der Waals surface area contributed by atoms with Crippen molar-refractivity contribution in [2.75, 3.05) is 58.9 Å². The van der Waals surface area contributed by atoms with Crippen LogP contribution in [-0.2, 0) is 6.54 Å². The number of quaternary nitrogens is 1. The number of aliphatic hydroxyl groups excluding tert-OH is 1. The fourth-order valence-electron chi connectivity index (χ4n) is 4.45. The van der Waals surface area contributed by atoms with Crippen LogP contribution in [0.5, 0.6) is 5.75 Å². The molecule has 0 atom stereocenters. The van der Waals surface area contributed by atoms with Crippen LogP contribution in [0.3, 0.4) is 0 Å². The van der Waals surface area contributed by atoms with Crippen LogP contribution in [0.15, 0.2) is 64.7 Å². The molecule has 0 bridgehead atoms. The van der Waals surface area contributed by atoms with E-state index in [1.807, 2.05) is 11.8 Å². The van der Waals surface area contributed by atoms with E-state index in [2.05, 4.69) is 91.4 Å². The minimum atomic E-state index is 0.215. The van der Waals surface area contributed by atoms with Gasteiger partial charge in [-0.15, -0.1) is 0 Å². The molecule has 1 aromatic heterocycles. The van der Waals surface area contributed by atoms with Crippen LogP contribution in [0.4, 0.5) is 5.69 Å². The molecule has 7 heteroatoms. The fourth-order valence-corrected chi connectivity index (χ4v) is 5.55. The van der Waals surface area contributed by atoms with Gasteiger partial charge in [0.25, 0.3) is 0 Å². The number of nitrogens with zero attached hydrogens (tertiary/aromatic N) is 3. The van der Waals surface area contributed by atoms with Crippen LogP contribution in [0.25, 0.3) is 17.0 Å². The van der Waals surface area contributed by atoms with Gasteiger partial charge in [0.15, 0.2) is 12.7 Å². The summed E-state index contributed by atoms with van der Waals surface area (Å²) in [6.45, 7) is 4.15. The van der Waals surface area contributed by atoms with Crippen LogP contribution in [0, 0.1) is 0 Å². The number of fused-ring (bicyclic) bond motifs is 2. The van der Waals surface area contributed by atoms with Crippen LogP contribution >= 0.6 is 11.8 Å². The number of thioether (sulfide) groups is 1. The zero-order valence-electron chi connectivity index (χ0n) is 21.1. The normalized spacial score (nSPS) is 14.7. The van der Waals surface area contributed by atoms with E-state index in [9.17, 15) is 5.11 Å². The van der Waals surface area contributed by atoms with Gasteiger partial charge in [-0.1, -0.05) is 23.9 Å². The van der Waals surface area contributed by atoms with E-state index in [0.717, 1.165) is 42.7 Å². The third kappa shape index (κ3) is 6.16. The van der Waals surface area contributed by atoms with Crippen molar-refractivity contribution in [2.24, 2.45) is 5.73 Å². The van der Waals surface area contributed by atoms with Crippen molar-refractivity contribution in [3.05, 3.63) is 65.3 Å². The molecule has 0 amide bonds. The molecule has 35 heavy (non-hydrogen) atoms. The molecular formula is C28H38N4O2S+2. The van der Waals surface area contributed by atoms with Gasteiger partial charge in [0.2, 0.25) is 5.52 Å². The summed E-state index contributed by atoms with van der Waals surface area (Å²) in [5, 5.41) is 11.8. The number of aromatic nitrogens is 1. The number of ether oxygens (including phenoxy) is 1. The van der Waals surface area contributed by atoms with E-state index in [-0.39, 0.29) is 6.61 Å². The van der Waals surface area contributed by atoms with E-state index < -0.39 is 0 Å². The van der Waals surface area contributed by atoms with E-state index in [1.165, 1.54) is 32.1 Å². The molecule has 0 radical (unpaired) electrons. The van der Waals surface area contributed by atoms with Crippen molar-refractivity contribution in [2.45, 2.75) is 24.3 Å². The topological polar surface area (TPSA) is 62.6 Å². The van der Waals surface area contributed by atoms with Gasteiger partial charge < -0.3 is 25.0 Å². The van der Waals surface area contributed by atoms with E-state index >= 15 is 0 Å². The summed E-state index contributed by atoms with van der Waals surface area (Å²) in [4.78, 5) is 3.55. The molecule has 3 N–H and O–H groups in total. The summed E-state index contributed by atoms with van der Waals surface area (Å²) in [7, 11) is 6.47. The number of anilines is 1. The van der Waals surface area contributed by atoms with Crippen molar-refractivity contribution in [1.29, 1.82) is 0 Å². The molecule has 4 rings (SSSR count). The van der Waals surface area contributed by atoms with E-state index in [0.29, 0.717) is 13.2 Å². The maximum absolute atomic E-state index is 9.35. The zero-order chi connectivity index (χ0) is 24.8. The van der Waals surface area contributed by atoms with Crippen LogP contribution in [0.1, 0.15) is 18.4 Å².